The van der Waals surface area contributed by atoms with Gasteiger partial charge in [-0.15, -0.1) is 0 Å². The minimum absolute atomic E-state index is 0.00981. The molecule has 154 valence electrons. The van der Waals surface area contributed by atoms with Crippen LogP contribution in [0.5, 0.6) is 5.75 Å². The van der Waals surface area contributed by atoms with Gasteiger partial charge >= 0.3 is 0 Å². The number of benzene rings is 1. The second-order valence-electron chi connectivity index (χ2n) is 8.01. The number of anilines is 2. The molecule has 1 fully saturated rings. The largest absolute Gasteiger partial charge is 0.476 e. The number of nitrogens with one attached hydrogen (secondary N) is 1. The van der Waals surface area contributed by atoms with Crippen LogP contribution >= 0.6 is 0 Å². The molecule has 7 nitrogen and oxygen atoms in total. The maximum absolute atomic E-state index is 12.9. The van der Waals surface area contributed by atoms with Crippen LogP contribution in [-0.2, 0) is 14.3 Å². The van der Waals surface area contributed by atoms with Crippen LogP contribution in [0.15, 0.2) is 18.2 Å². The van der Waals surface area contributed by atoms with E-state index in [1.807, 2.05) is 18.2 Å². The zero-order chi connectivity index (χ0) is 20.3. The third-order valence-corrected chi connectivity index (χ3v) is 5.45. The predicted octanol–water partition coefficient (Wildman–Crippen LogP) is 2.19. The van der Waals surface area contributed by atoms with Crippen LogP contribution in [0.3, 0.4) is 0 Å². The van der Waals surface area contributed by atoms with Crippen LogP contribution in [-0.4, -0.2) is 57.8 Å². The Morgan fingerprint density at radius 1 is 1.43 bits per heavy atom. The summed E-state index contributed by atoms with van der Waals surface area (Å²) < 4.78 is 11.1. The summed E-state index contributed by atoms with van der Waals surface area (Å²) in [6.07, 6.45) is 2.64. The zero-order valence-corrected chi connectivity index (χ0v) is 17.3. The van der Waals surface area contributed by atoms with Crippen molar-refractivity contribution in [3.05, 3.63) is 18.2 Å². The quantitative estimate of drug-likeness (QED) is 0.755. The first kappa shape index (κ1) is 20.6. The summed E-state index contributed by atoms with van der Waals surface area (Å²) in [4.78, 5) is 29.3. The van der Waals surface area contributed by atoms with Crippen molar-refractivity contribution in [3.63, 3.8) is 0 Å². The van der Waals surface area contributed by atoms with Crippen molar-refractivity contribution in [1.29, 1.82) is 0 Å². The number of nitrogens with zero attached hydrogens (tertiary/aromatic N) is 2. The van der Waals surface area contributed by atoms with E-state index in [2.05, 4.69) is 5.32 Å². The van der Waals surface area contributed by atoms with Gasteiger partial charge in [-0.2, -0.15) is 0 Å². The van der Waals surface area contributed by atoms with E-state index in [1.54, 1.807) is 37.8 Å². The van der Waals surface area contributed by atoms with Crippen LogP contribution in [0, 0.1) is 5.92 Å². The van der Waals surface area contributed by atoms with Crippen molar-refractivity contribution >= 4 is 23.2 Å². The second kappa shape index (κ2) is 8.49. The Hall–Kier alpha value is -2.12. The van der Waals surface area contributed by atoms with Gasteiger partial charge in [0.05, 0.1) is 11.6 Å². The number of amides is 2. The average Bonchev–Trinajstić information content (AvgIpc) is 2.70. The smallest absolute Gasteiger partial charge is 0.270 e. The van der Waals surface area contributed by atoms with Gasteiger partial charge in [0.1, 0.15) is 5.75 Å². The number of carbonyl (C=O) groups excluding carboxylic acids is 2. The molecule has 2 aliphatic heterocycles. The Bertz CT molecular complexity index is 728. The predicted molar refractivity (Wildman–Crippen MR) is 109 cm³/mol. The monoisotopic (exact) mass is 389 g/mol. The summed E-state index contributed by atoms with van der Waals surface area (Å²) in [5.41, 5.74) is 0.554. The van der Waals surface area contributed by atoms with Gasteiger partial charge in [0.15, 0.2) is 5.60 Å². The highest BCUT2D eigenvalue weighted by atomic mass is 16.5. The molecule has 0 aromatic heterocycles. The van der Waals surface area contributed by atoms with E-state index in [4.69, 9.17) is 9.47 Å². The molecule has 7 heteroatoms. The van der Waals surface area contributed by atoms with Gasteiger partial charge in [-0.05, 0) is 57.9 Å². The van der Waals surface area contributed by atoms with Gasteiger partial charge in [0.25, 0.3) is 5.91 Å². The second-order valence-corrected chi connectivity index (χ2v) is 8.01. The van der Waals surface area contributed by atoms with Gasteiger partial charge in [-0.1, -0.05) is 0 Å². The Morgan fingerprint density at radius 3 is 2.89 bits per heavy atom. The highest BCUT2D eigenvalue weighted by Gasteiger charge is 2.41. The lowest BCUT2D eigenvalue weighted by Gasteiger charge is -2.39. The number of hydrogen-bond acceptors (Lipinski definition) is 5. The van der Waals surface area contributed by atoms with Crippen LogP contribution in [0.25, 0.3) is 0 Å². The van der Waals surface area contributed by atoms with E-state index >= 15 is 0 Å². The van der Waals surface area contributed by atoms with Gasteiger partial charge in [-0.3, -0.25) is 9.59 Å². The molecule has 3 rings (SSSR count). The van der Waals surface area contributed by atoms with Gasteiger partial charge in [0, 0.05) is 39.5 Å². The Labute approximate surface area is 167 Å². The molecule has 0 bridgehead atoms. The van der Waals surface area contributed by atoms with Crippen LogP contribution in [0.4, 0.5) is 11.4 Å². The molecule has 28 heavy (non-hydrogen) atoms. The molecule has 2 aliphatic rings. The third kappa shape index (κ3) is 4.15. The van der Waals surface area contributed by atoms with Crippen molar-refractivity contribution in [2.45, 2.75) is 38.7 Å². The third-order valence-electron chi connectivity index (χ3n) is 5.45. The van der Waals surface area contributed by atoms with E-state index in [0.29, 0.717) is 31.1 Å². The molecule has 2 amide bonds. The first-order valence-corrected chi connectivity index (χ1v) is 9.97. The normalized spacial score (nSPS) is 21.1. The van der Waals surface area contributed by atoms with Crippen LogP contribution in [0.1, 0.15) is 33.1 Å². The number of rotatable bonds is 6. The minimum Gasteiger partial charge on any atom is -0.476 e. The van der Waals surface area contributed by atoms with E-state index in [9.17, 15) is 9.59 Å². The molecule has 0 aliphatic carbocycles. The summed E-state index contributed by atoms with van der Waals surface area (Å²) in [6, 6.07) is 5.61. The average molecular weight is 389 g/mol. The molecule has 1 aromatic carbocycles. The summed E-state index contributed by atoms with van der Waals surface area (Å²) in [6.45, 7) is 6.36. The van der Waals surface area contributed by atoms with Crippen LogP contribution < -0.4 is 19.9 Å². The first-order chi connectivity index (χ1) is 13.3. The summed E-state index contributed by atoms with van der Waals surface area (Å²) >= 11 is 0. The van der Waals surface area contributed by atoms with Crippen molar-refractivity contribution < 1.29 is 19.1 Å². The first-order valence-electron chi connectivity index (χ1n) is 9.97. The van der Waals surface area contributed by atoms with E-state index in [-0.39, 0.29) is 17.7 Å². The Kier molecular flexibility index (Phi) is 6.25. The zero-order valence-electron chi connectivity index (χ0n) is 17.3. The van der Waals surface area contributed by atoms with E-state index < -0.39 is 5.60 Å². The van der Waals surface area contributed by atoms with Gasteiger partial charge in [-0.25, -0.2) is 0 Å². The summed E-state index contributed by atoms with van der Waals surface area (Å²) in [5.74, 6) is 0.663. The van der Waals surface area contributed by atoms with E-state index in [0.717, 1.165) is 31.5 Å². The molecular weight excluding hydrogens is 358 g/mol. The fraction of sp³-hybridized carbons (Fsp3) is 0.619. The number of piperidine rings is 1. The topological polar surface area (TPSA) is 71.1 Å². The molecular formula is C21H31N3O4. The molecule has 0 spiro atoms. The lowest BCUT2D eigenvalue weighted by atomic mass is 9.98. The Balaban J connectivity index is 1.86. The lowest BCUT2D eigenvalue weighted by Crippen LogP contribution is -2.53. The summed E-state index contributed by atoms with van der Waals surface area (Å²) in [5, 5.41) is 3.29. The van der Waals surface area contributed by atoms with Crippen molar-refractivity contribution in [1.82, 2.24) is 5.32 Å². The van der Waals surface area contributed by atoms with Gasteiger partial charge in [0.2, 0.25) is 5.91 Å². The Morgan fingerprint density at radius 2 is 2.21 bits per heavy atom. The fourth-order valence-electron chi connectivity index (χ4n) is 3.82. The number of carbonyl (C=O) groups is 2. The number of ether oxygens (including phenoxy) is 2. The highest BCUT2D eigenvalue weighted by molar-refractivity contribution is 6.03. The molecule has 0 unspecified atom stereocenters. The van der Waals surface area contributed by atoms with Gasteiger partial charge < -0.3 is 24.6 Å². The molecule has 1 N–H and O–H groups in total. The van der Waals surface area contributed by atoms with Crippen molar-refractivity contribution in [2.24, 2.45) is 5.92 Å². The summed E-state index contributed by atoms with van der Waals surface area (Å²) in [7, 11) is 3.45. The standard InChI is InChI=1S/C21H31N3O4/c1-21(2)20(26)24(11-6-12-27-4)17-13-16(8-9-18(17)28-21)23(3)19(25)15-7-5-10-22-14-15/h8-9,13,15,22H,5-7,10-12,14H2,1-4H3/t15-/m1/s1. The lowest BCUT2D eigenvalue weighted by molar-refractivity contribution is -0.132. The number of methoxy groups -OCH3 is 1. The molecule has 1 saturated heterocycles. The number of fused-ring (bicyclic) bond motifs is 1. The SMILES string of the molecule is COCCCN1C(=O)C(C)(C)Oc2ccc(N(C)C(=O)[C@@H]3CCCNC3)cc21. The fourth-order valence-corrected chi connectivity index (χ4v) is 3.82. The van der Waals surface area contributed by atoms with Crippen molar-refractivity contribution in [3.8, 4) is 5.75 Å². The molecule has 0 radical (unpaired) electrons. The van der Waals surface area contributed by atoms with Crippen molar-refractivity contribution in [2.75, 3.05) is 50.2 Å². The molecule has 1 aromatic rings. The number of hydrogen-bond donors (Lipinski definition) is 1. The maximum atomic E-state index is 12.9. The van der Waals surface area contributed by atoms with Crippen LogP contribution in [0.2, 0.25) is 0 Å². The minimum atomic E-state index is -0.920. The van der Waals surface area contributed by atoms with E-state index in [1.165, 1.54) is 0 Å². The highest BCUT2D eigenvalue weighted by Crippen LogP contribution is 2.40. The maximum Gasteiger partial charge on any atom is 0.270 e. The molecule has 0 saturated carbocycles. The molecule has 2 heterocycles. The molecule has 1 atom stereocenters.